The molecule has 2 rings (SSSR count). The predicted octanol–water partition coefficient (Wildman–Crippen LogP) is 2.56. The summed E-state index contributed by atoms with van der Waals surface area (Å²) >= 11 is 1.83. The fourth-order valence-electron chi connectivity index (χ4n) is 2.10. The third kappa shape index (κ3) is 2.15. The van der Waals surface area contributed by atoms with E-state index in [-0.39, 0.29) is 0 Å². The Labute approximate surface area is 89.8 Å². The van der Waals surface area contributed by atoms with E-state index in [1.807, 2.05) is 16.8 Å². The average Bonchev–Trinajstić information content (AvgIpc) is 2.67. The molecule has 0 saturated carbocycles. The SMILES string of the molecule is CCCNCC1CCCc2scnc21. The molecule has 0 aliphatic heterocycles. The van der Waals surface area contributed by atoms with Gasteiger partial charge >= 0.3 is 0 Å². The van der Waals surface area contributed by atoms with Crippen LogP contribution in [0.15, 0.2) is 5.51 Å². The van der Waals surface area contributed by atoms with E-state index < -0.39 is 0 Å². The van der Waals surface area contributed by atoms with Gasteiger partial charge in [-0.1, -0.05) is 6.92 Å². The molecule has 14 heavy (non-hydrogen) atoms. The molecule has 1 aliphatic rings. The van der Waals surface area contributed by atoms with E-state index in [1.165, 1.54) is 36.3 Å². The summed E-state index contributed by atoms with van der Waals surface area (Å²) in [5.41, 5.74) is 3.38. The first kappa shape index (κ1) is 10.1. The monoisotopic (exact) mass is 210 g/mol. The first-order valence-electron chi connectivity index (χ1n) is 5.54. The van der Waals surface area contributed by atoms with Crippen LogP contribution in [-0.2, 0) is 6.42 Å². The van der Waals surface area contributed by atoms with Crippen molar-refractivity contribution in [1.82, 2.24) is 10.3 Å². The van der Waals surface area contributed by atoms with Gasteiger partial charge in [-0.05, 0) is 32.2 Å². The van der Waals surface area contributed by atoms with Crippen molar-refractivity contribution in [1.29, 1.82) is 0 Å². The van der Waals surface area contributed by atoms with E-state index >= 15 is 0 Å². The van der Waals surface area contributed by atoms with Crippen LogP contribution >= 0.6 is 11.3 Å². The molecule has 0 radical (unpaired) electrons. The maximum Gasteiger partial charge on any atom is 0.0797 e. The number of nitrogens with zero attached hydrogens (tertiary/aromatic N) is 1. The number of nitrogens with one attached hydrogen (secondary N) is 1. The van der Waals surface area contributed by atoms with Crippen LogP contribution in [0.5, 0.6) is 0 Å². The van der Waals surface area contributed by atoms with Crippen LogP contribution in [0.3, 0.4) is 0 Å². The lowest BCUT2D eigenvalue weighted by Gasteiger charge is -2.21. The number of aromatic nitrogens is 1. The second kappa shape index (κ2) is 4.89. The van der Waals surface area contributed by atoms with Crippen LogP contribution in [0, 0.1) is 0 Å². The van der Waals surface area contributed by atoms with Crippen LogP contribution in [0.2, 0.25) is 0 Å². The third-order valence-electron chi connectivity index (χ3n) is 2.83. The van der Waals surface area contributed by atoms with Gasteiger partial charge in [-0.2, -0.15) is 0 Å². The van der Waals surface area contributed by atoms with Crippen LogP contribution in [0.1, 0.15) is 42.7 Å². The molecule has 1 aliphatic carbocycles. The van der Waals surface area contributed by atoms with E-state index in [4.69, 9.17) is 0 Å². The Morgan fingerprint density at radius 3 is 3.43 bits per heavy atom. The highest BCUT2D eigenvalue weighted by Gasteiger charge is 2.21. The summed E-state index contributed by atoms with van der Waals surface area (Å²) in [4.78, 5) is 6.02. The Bertz CT molecular complexity index is 283. The van der Waals surface area contributed by atoms with Crippen LogP contribution < -0.4 is 5.32 Å². The van der Waals surface area contributed by atoms with Gasteiger partial charge in [0, 0.05) is 17.3 Å². The maximum absolute atomic E-state index is 4.50. The normalized spacial score (nSPS) is 20.8. The number of aryl methyl sites for hydroxylation is 1. The zero-order valence-electron chi connectivity index (χ0n) is 8.75. The fourth-order valence-corrected chi connectivity index (χ4v) is 2.99. The second-order valence-electron chi connectivity index (χ2n) is 3.95. The lowest BCUT2D eigenvalue weighted by molar-refractivity contribution is 0.501. The molecule has 0 fully saturated rings. The van der Waals surface area contributed by atoms with Gasteiger partial charge in [0.15, 0.2) is 0 Å². The van der Waals surface area contributed by atoms with Crippen molar-refractivity contribution in [2.75, 3.05) is 13.1 Å². The smallest absolute Gasteiger partial charge is 0.0797 e. The molecule has 78 valence electrons. The molecule has 3 heteroatoms. The lowest BCUT2D eigenvalue weighted by atomic mass is 9.91. The van der Waals surface area contributed by atoms with E-state index in [1.54, 1.807) is 0 Å². The van der Waals surface area contributed by atoms with Gasteiger partial charge in [0.1, 0.15) is 0 Å². The molecule has 1 N–H and O–H groups in total. The van der Waals surface area contributed by atoms with Crippen molar-refractivity contribution >= 4 is 11.3 Å². The van der Waals surface area contributed by atoms with Crippen LogP contribution in [0.25, 0.3) is 0 Å². The van der Waals surface area contributed by atoms with Crippen molar-refractivity contribution in [3.63, 3.8) is 0 Å². The summed E-state index contributed by atoms with van der Waals surface area (Å²) in [6.45, 7) is 4.46. The summed E-state index contributed by atoms with van der Waals surface area (Å²) in [6, 6.07) is 0. The summed E-state index contributed by atoms with van der Waals surface area (Å²) in [6.07, 6.45) is 5.13. The van der Waals surface area contributed by atoms with Crippen molar-refractivity contribution < 1.29 is 0 Å². The molecule has 1 aromatic heterocycles. The zero-order valence-corrected chi connectivity index (χ0v) is 9.57. The molecule has 2 nitrogen and oxygen atoms in total. The van der Waals surface area contributed by atoms with Gasteiger partial charge < -0.3 is 5.32 Å². The highest BCUT2D eigenvalue weighted by molar-refractivity contribution is 7.09. The summed E-state index contributed by atoms with van der Waals surface area (Å²) < 4.78 is 0. The fraction of sp³-hybridized carbons (Fsp3) is 0.727. The molecule has 1 aromatic rings. The number of thiazole rings is 1. The Morgan fingerprint density at radius 2 is 2.57 bits per heavy atom. The van der Waals surface area contributed by atoms with Crippen molar-refractivity contribution in [3.05, 3.63) is 16.1 Å². The molecule has 0 saturated heterocycles. The summed E-state index contributed by atoms with van der Waals surface area (Å²) in [5.74, 6) is 0.677. The Balaban J connectivity index is 1.94. The molecule has 1 unspecified atom stereocenters. The molecular weight excluding hydrogens is 192 g/mol. The average molecular weight is 210 g/mol. The highest BCUT2D eigenvalue weighted by Crippen LogP contribution is 2.32. The van der Waals surface area contributed by atoms with Crippen molar-refractivity contribution in [2.45, 2.75) is 38.5 Å². The highest BCUT2D eigenvalue weighted by atomic mass is 32.1. The van der Waals surface area contributed by atoms with E-state index in [2.05, 4.69) is 17.2 Å². The number of rotatable bonds is 4. The van der Waals surface area contributed by atoms with Gasteiger partial charge in [0.25, 0.3) is 0 Å². The zero-order chi connectivity index (χ0) is 9.80. The van der Waals surface area contributed by atoms with Crippen LogP contribution in [0.4, 0.5) is 0 Å². The maximum atomic E-state index is 4.50. The topological polar surface area (TPSA) is 24.9 Å². The molecule has 0 aromatic carbocycles. The minimum atomic E-state index is 0.677. The number of hydrogen-bond acceptors (Lipinski definition) is 3. The third-order valence-corrected chi connectivity index (χ3v) is 3.74. The standard InChI is InChI=1S/C11H18N2S/c1-2-6-12-7-9-4-3-5-10-11(9)13-8-14-10/h8-9,12H,2-7H2,1H3. The largest absolute Gasteiger partial charge is 0.316 e. The molecular formula is C11H18N2S. The minimum absolute atomic E-state index is 0.677. The second-order valence-corrected chi connectivity index (χ2v) is 4.89. The van der Waals surface area contributed by atoms with Gasteiger partial charge in [-0.25, -0.2) is 4.98 Å². The number of hydrogen-bond donors (Lipinski definition) is 1. The van der Waals surface area contributed by atoms with E-state index in [0.29, 0.717) is 5.92 Å². The quantitative estimate of drug-likeness (QED) is 0.773. The first-order valence-corrected chi connectivity index (χ1v) is 6.42. The first-order chi connectivity index (χ1) is 6.92. The molecule has 0 bridgehead atoms. The van der Waals surface area contributed by atoms with Crippen molar-refractivity contribution in [3.8, 4) is 0 Å². The van der Waals surface area contributed by atoms with Gasteiger partial charge in [0.05, 0.1) is 11.2 Å². The lowest BCUT2D eigenvalue weighted by Crippen LogP contribution is -2.24. The van der Waals surface area contributed by atoms with Gasteiger partial charge in [-0.15, -0.1) is 11.3 Å². The summed E-state index contributed by atoms with van der Waals surface area (Å²) in [5, 5.41) is 3.50. The van der Waals surface area contributed by atoms with Crippen molar-refractivity contribution in [2.24, 2.45) is 0 Å². The van der Waals surface area contributed by atoms with Gasteiger partial charge in [0.2, 0.25) is 0 Å². The molecule has 1 heterocycles. The minimum Gasteiger partial charge on any atom is -0.316 e. The van der Waals surface area contributed by atoms with Gasteiger partial charge in [-0.3, -0.25) is 0 Å². The number of fused-ring (bicyclic) bond motifs is 1. The Morgan fingerprint density at radius 1 is 1.64 bits per heavy atom. The van der Waals surface area contributed by atoms with Crippen LogP contribution in [-0.4, -0.2) is 18.1 Å². The van der Waals surface area contributed by atoms with E-state index in [0.717, 1.165) is 13.1 Å². The van der Waals surface area contributed by atoms with E-state index in [9.17, 15) is 0 Å². The molecule has 0 spiro atoms. The summed E-state index contributed by atoms with van der Waals surface area (Å²) in [7, 11) is 0. The Hall–Kier alpha value is -0.410. The molecule has 1 atom stereocenters. The molecule has 0 amide bonds. The Kier molecular flexibility index (Phi) is 3.54. The predicted molar refractivity (Wildman–Crippen MR) is 61.0 cm³/mol.